The Kier molecular flexibility index (Phi) is 6.13. The molecule has 1 spiro atoms. The van der Waals surface area contributed by atoms with Crippen molar-refractivity contribution in [3.8, 4) is 11.5 Å². The summed E-state index contributed by atoms with van der Waals surface area (Å²) in [6.45, 7) is 2.28. The fourth-order valence-electron chi connectivity index (χ4n) is 5.02. The van der Waals surface area contributed by atoms with Gasteiger partial charge in [-0.2, -0.15) is 0 Å². The van der Waals surface area contributed by atoms with Gasteiger partial charge in [0.1, 0.15) is 24.7 Å². The van der Waals surface area contributed by atoms with Crippen molar-refractivity contribution in [2.24, 2.45) is 5.41 Å². The molecule has 2 aromatic carbocycles. The summed E-state index contributed by atoms with van der Waals surface area (Å²) in [6.07, 6.45) is 1.98. The van der Waals surface area contributed by atoms with Crippen LogP contribution >= 0.6 is 0 Å². The summed E-state index contributed by atoms with van der Waals surface area (Å²) >= 11 is 0. The number of carbonyl (C=O) groups excluding carboxylic acids is 3. The van der Waals surface area contributed by atoms with Gasteiger partial charge >= 0.3 is 6.09 Å². The van der Waals surface area contributed by atoms with Crippen LogP contribution in [-0.2, 0) is 27.2 Å². The van der Waals surface area contributed by atoms with Crippen molar-refractivity contribution in [3.05, 3.63) is 59.7 Å². The van der Waals surface area contributed by atoms with Gasteiger partial charge in [-0.3, -0.25) is 14.5 Å². The minimum atomic E-state index is -0.603. The van der Waals surface area contributed by atoms with Crippen molar-refractivity contribution in [2.45, 2.75) is 25.7 Å². The van der Waals surface area contributed by atoms with Gasteiger partial charge in [-0.05, 0) is 61.1 Å². The number of likely N-dealkylation sites (tertiary alicyclic amines) is 1. The first-order valence-electron chi connectivity index (χ1n) is 11.8. The Balaban J connectivity index is 1.33. The van der Waals surface area contributed by atoms with E-state index in [1.165, 1.54) is 4.90 Å². The van der Waals surface area contributed by atoms with E-state index in [0.717, 1.165) is 22.6 Å². The molecule has 1 N–H and O–H groups in total. The third-order valence-corrected chi connectivity index (χ3v) is 7.00. The third kappa shape index (κ3) is 4.71. The maximum absolute atomic E-state index is 13.5. The molecule has 178 valence electrons. The van der Waals surface area contributed by atoms with E-state index in [1.54, 1.807) is 4.90 Å². The van der Waals surface area contributed by atoms with Gasteiger partial charge in [0.05, 0.1) is 12.0 Å². The van der Waals surface area contributed by atoms with Crippen molar-refractivity contribution in [1.29, 1.82) is 0 Å². The van der Waals surface area contributed by atoms with Gasteiger partial charge < -0.3 is 19.7 Å². The molecular weight excluding hydrogens is 434 g/mol. The monoisotopic (exact) mass is 463 g/mol. The van der Waals surface area contributed by atoms with Crippen LogP contribution in [0.4, 0.5) is 4.79 Å². The fourth-order valence-corrected chi connectivity index (χ4v) is 5.02. The molecule has 4 bridgehead atoms. The van der Waals surface area contributed by atoms with Gasteiger partial charge in [0.25, 0.3) is 0 Å². The number of benzene rings is 2. The second-order valence-corrected chi connectivity index (χ2v) is 9.28. The van der Waals surface area contributed by atoms with E-state index in [4.69, 9.17) is 9.47 Å². The van der Waals surface area contributed by atoms with Crippen LogP contribution in [0, 0.1) is 5.41 Å². The van der Waals surface area contributed by atoms with Crippen molar-refractivity contribution < 1.29 is 23.9 Å². The molecule has 0 atom stereocenters. The summed E-state index contributed by atoms with van der Waals surface area (Å²) in [5.74, 6) is 1.45. The van der Waals surface area contributed by atoms with Gasteiger partial charge in [0.15, 0.2) is 0 Å². The second-order valence-electron chi connectivity index (χ2n) is 9.28. The van der Waals surface area contributed by atoms with Crippen LogP contribution in [0.2, 0.25) is 0 Å². The highest BCUT2D eigenvalue weighted by Gasteiger charge is 2.42. The highest BCUT2D eigenvalue weighted by molar-refractivity contribution is 5.85. The smallest absolute Gasteiger partial charge is 0.410 e. The predicted octanol–water partition coefficient (Wildman–Crippen LogP) is 2.75. The zero-order valence-corrected chi connectivity index (χ0v) is 19.1. The first-order valence-corrected chi connectivity index (χ1v) is 11.8. The van der Waals surface area contributed by atoms with E-state index in [-0.39, 0.29) is 18.4 Å². The molecule has 0 radical (unpaired) electrons. The highest BCUT2D eigenvalue weighted by atomic mass is 16.6. The summed E-state index contributed by atoms with van der Waals surface area (Å²) in [5, 5.41) is 3.15. The minimum absolute atomic E-state index is 0.0237. The Hall–Kier alpha value is -3.55. The molecule has 3 heterocycles. The number of nitrogens with one attached hydrogen (secondary N) is 1. The number of cyclic esters (lactones) is 1. The van der Waals surface area contributed by atoms with Gasteiger partial charge in [-0.1, -0.05) is 24.3 Å². The molecule has 3 aliphatic rings. The van der Waals surface area contributed by atoms with E-state index < -0.39 is 11.5 Å². The number of piperidine rings is 1. The molecule has 34 heavy (non-hydrogen) atoms. The summed E-state index contributed by atoms with van der Waals surface area (Å²) in [7, 11) is 0. The summed E-state index contributed by atoms with van der Waals surface area (Å²) in [4.78, 5) is 41.2. The number of fused-ring (bicyclic) bond motifs is 4. The molecule has 0 saturated carbocycles. The summed E-state index contributed by atoms with van der Waals surface area (Å²) < 4.78 is 11.0. The molecule has 0 unspecified atom stereocenters. The topological polar surface area (TPSA) is 88.2 Å². The molecule has 5 rings (SSSR count). The van der Waals surface area contributed by atoms with Crippen LogP contribution < -0.4 is 10.1 Å². The molecule has 2 fully saturated rings. The first kappa shape index (κ1) is 22.3. The lowest BCUT2D eigenvalue weighted by Crippen LogP contribution is -2.53. The molecule has 0 aliphatic carbocycles. The molecule has 2 saturated heterocycles. The van der Waals surface area contributed by atoms with Crippen molar-refractivity contribution >= 4 is 17.9 Å². The summed E-state index contributed by atoms with van der Waals surface area (Å²) in [6, 6.07) is 15.8. The van der Waals surface area contributed by atoms with Gasteiger partial charge in [0, 0.05) is 19.6 Å². The first-order chi connectivity index (χ1) is 16.5. The standard InChI is InChI=1S/C26H29N3O5/c30-23(18-29-13-14-33-25(29)32)28-11-8-26(9-12-28)17-20-4-2-6-22(16-20)34-21-5-1-3-19(15-21)7-10-27-24(26)31/h1-6,15-16H,7-14,17-18H2,(H,27,31). The van der Waals surface area contributed by atoms with Gasteiger partial charge in [0.2, 0.25) is 11.8 Å². The van der Waals surface area contributed by atoms with E-state index in [0.29, 0.717) is 58.5 Å². The quantitative estimate of drug-likeness (QED) is 0.740. The van der Waals surface area contributed by atoms with Crippen molar-refractivity contribution in [1.82, 2.24) is 15.1 Å². The highest BCUT2D eigenvalue weighted by Crippen LogP contribution is 2.37. The zero-order chi connectivity index (χ0) is 23.5. The average molecular weight is 464 g/mol. The predicted molar refractivity (Wildman–Crippen MR) is 125 cm³/mol. The molecule has 3 amide bonds. The van der Waals surface area contributed by atoms with Crippen molar-refractivity contribution in [3.63, 3.8) is 0 Å². The maximum Gasteiger partial charge on any atom is 0.410 e. The maximum atomic E-state index is 13.5. The number of ether oxygens (including phenoxy) is 2. The summed E-state index contributed by atoms with van der Waals surface area (Å²) in [5.41, 5.74) is 1.53. The van der Waals surface area contributed by atoms with Crippen LogP contribution in [0.3, 0.4) is 0 Å². The number of nitrogens with zero attached hydrogens (tertiary/aromatic N) is 2. The number of rotatable bonds is 2. The minimum Gasteiger partial charge on any atom is -0.457 e. The number of carbonyl (C=O) groups is 3. The number of amides is 3. The Morgan fingerprint density at radius 2 is 1.68 bits per heavy atom. The Labute approximate surface area is 198 Å². The van der Waals surface area contributed by atoms with E-state index in [1.807, 2.05) is 48.5 Å². The molecule has 2 aromatic rings. The molecule has 8 heteroatoms. The van der Waals surface area contributed by atoms with Crippen LogP contribution in [0.5, 0.6) is 11.5 Å². The van der Waals surface area contributed by atoms with Crippen molar-refractivity contribution in [2.75, 3.05) is 39.3 Å². The molecule has 8 nitrogen and oxygen atoms in total. The second kappa shape index (κ2) is 9.37. The SMILES string of the molecule is O=C(CN1CCOC1=O)N1CCC2(CC1)Cc1cccc(c1)Oc1cccc(c1)CCNC2=O. The largest absolute Gasteiger partial charge is 0.457 e. The fraction of sp³-hybridized carbons (Fsp3) is 0.423. The average Bonchev–Trinajstić information content (AvgIpc) is 3.23. The number of hydrogen-bond donors (Lipinski definition) is 1. The number of hydrogen-bond acceptors (Lipinski definition) is 5. The van der Waals surface area contributed by atoms with Gasteiger partial charge in [-0.15, -0.1) is 0 Å². The van der Waals surface area contributed by atoms with E-state index in [2.05, 4.69) is 5.32 Å². The lowest BCUT2D eigenvalue weighted by Gasteiger charge is -2.41. The zero-order valence-electron chi connectivity index (χ0n) is 19.1. The van der Waals surface area contributed by atoms with Gasteiger partial charge in [-0.25, -0.2) is 4.79 Å². The Morgan fingerprint density at radius 3 is 2.38 bits per heavy atom. The van der Waals surface area contributed by atoms with Crippen LogP contribution in [-0.4, -0.2) is 67.0 Å². The lowest BCUT2D eigenvalue weighted by molar-refractivity contribution is -0.140. The Bertz CT molecular complexity index is 1090. The van der Waals surface area contributed by atoms with E-state index in [9.17, 15) is 14.4 Å². The third-order valence-electron chi connectivity index (χ3n) is 7.00. The molecule has 3 aliphatic heterocycles. The molecular formula is C26H29N3O5. The molecule has 0 aromatic heterocycles. The van der Waals surface area contributed by atoms with Crippen LogP contribution in [0.1, 0.15) is 24.0 Å². The van der Waals surface area contributed by atoms with E-state index >= 15 is 0 Å². The Morgan fingerprint density at radius 1 is 0.971 bits per heavy atom. The van der Waals surface area contributed by atoms with Crippen LogP contribution in [0.25, 0.3) is 0 Å². The van der Waals surface area contributed by atoms with Crippen LogP contribution in [0.15, 0.2) is 48.5 Å². The normalized spacial score (nSPS) is 19.9. The lowest BCUT2D eigenvalue weighted by atomic mass is 9.72.